The highest BCUT2D eigenvalue weighted by molar-refractivity contribution is 5.90. The molecule has 2 N–H and O–H groups in total. The Balaban J connectivity index is 2.94. The lowest BCUT2D eigenvalue weighted by molar-refractivity contribution is -0.131. The third kappa shape index (κ3) is 6.20. The molecule has 6 heteroatoms. The van der Waals surface area contributed by atoms with Gasteiger partial charge in [0.15, 0.2) is 17.3 Å². The van der Waals surface area contributed by atoms with E-state index in [0.29, 0.717) is 23.7 Å². The molecule has 24 heavy (non-hydrogen) atoms. The number of primary amides is 1. The van der Waals surface area contributed by atoms with Crippen LogP contribution >= 0.6 is 0 Å². The molecule has 0 fully saturated rings. The van der Waals surface area contributed by atoms with E-state index in [4.69, 9.17) is 19.9 Å². The maximum atomic E-state index is 12.1. The van der Waals surface area contributed by atoms with E-state index < -0.39 is 17.4 Å². The van der Waals surface area contributed by atoms with Crippen molar-refractivity contribution in [1.29, 1.82) is 0 Å². The van der Waals surface area contributed by atoms with Crippen LogP contribution in [0.1, 0.15) is 45.6 Å². The van der Waals surface area contributed by atoms with Crippen molar-refractivity contribution < 1.29 is 23.8 Å². The van der Waals surface area contributed by atoms with E-state index in [1.54, 1.807) is 18.2 Å². The second-order valence-electron chi connectivity index (χ2n) is 6.44. The number of methoxy groups -OCH3 is 1. The van der Waals surface area contributed by atoms with Crippen LogP contribution in [0.2, 0.25) is 0 Å². The topological polar surface area (TPSA) is 87.9 Å². The highest BCUT2D eigenvalue weighted by atomic mass is 16.5. The lowest BCUT2D eigenvalue weighted by Crippen LogP contribution is -2.28. The summed E-state index contributed by atoms with van der Waals surface area (Å²) in [5.41, 5.74) is 5.69. The Hall–Kier alpha value is -2.08. The molecule has 1 unspecified atom stereocenters. The molecule has 0 aliphatic carbocycles. The van der Waals surface area contributed by atoms with Gasteiger partial charge in [-0.15, -0.1) is 0 Å². The molecule has 0 radical (unpaired) electrons. The van der Waals surface area contributed by atoms with Crippen LogP contribution in [0.25, 0.3) is 0 Å². The van der Waals surface area contributed by atoms with Crippen molar-refractivity contribution >= 4 is 11.7 Å². The molecule has 0 bridgehead atoms. The Labute approximate surface area is 143 Å². The first-order valence-corrected chi connectivity index (χ1v) is 7.93. The molecule has 1 aromatic rings. The third-order valence-corrected chi connectivity index (χ3v) is 3.33. The van der Waals surface area contributed by atoms with E-state index in [1.165, 1.54) is 7.11 Å². The second-order valence-corrected chi connectivity index (χ2v) is 6.44. The quantitative estimate of drug-likeness (QED) is 0.748. The monoisotopic (exact) mass is 337 g/mol. The van der Waals surface area contributed by atoms with Crippen LogP contribution in [0.4, 0.5) is 0 Å². The molecule has 0 aliphatic heterocycles. The van der Waals surface area contributed by atoms with Crippen LogP contribution in [0.15, 0.2) is 18.2 Å². The molecule has 0 aromatic heterocycles. The highest BCUT2D eigenvalue weighted by Crippen LogP contribution is 2.32. The van der Waals surface area contributed by atoms with Gasteiger partial charge in [0, 0.05) is 6.42 Å². The van der Waals surface area contributed by atoms with Gasteiger partial charge in [-0.25, -0.2) is 0 Å². The SMILES string of the molecule is CCOc1cc(C(CC(=O)COC(C)(C)C)C(N)=O)ccc1OC. The van der Waals surface area contributed by atoms with E-state index >= 15 is 0 Å². The predicted molar refractivity (Wildman–Crippen MR) is 91.4 cm³/mol. The number of benzene rings is 1. The van der Waals surface area contributed by atoms with E-state index in [2.05, 4.69) is 0 Å². The average Bonchev–Trinajstić information content (AvgIpc) is 2.50. The lowest BCUT2D eigenvalue weighted by Gasteiger charge is -2.20. The van der Waals surface area contributed by atoms with Gasteiger partial charge in [0.2, 0.25) is 5.91 Å². The Bertz CT molecular complexity index is 577. The number of amides is 1. The zero-order valence-corrected chi connectivity index (χ0v) is 15.0. The summed E-state index contributed by atoms with van der Waals surface area (Å²) in [5, 5.41) is 0. The van der Waals surface area contributed by atoms with Crippen molar-refractivity contribution in [3.05, 3.63) is 23.8 Å². The molecule has 0 heterocycles. The molecule has 1 rings (SSSR count). The summed E-state index contributed by atoms with van der Waals surface area (Å²) in [5.74, 6) is -0.395. The van der Waals surface area contributed by atoms with E-state index in [9.17, 15) is 9.59 Å². The first-order chi connectivity index (χ1) is 11.2. The Morgan fingerprint density at radius 1 is 1.21 bits per heavy atom. The minimum Gasteiger partial charge on any atom is -0.493 e. The molecular weight excluding hydrogens is 310 g/mol. The van der Waals surface area contributed by atoms with E-state index in [1.807, 2.05) is 27.7 Å². The van der Waals surface area contributed by atoms with Crippen LogP contribution in [-0.4, -0.2) is 37.6 Å². The largest absolute Gasteiger partial charge is 0.493 e. The number of hydrogen-bond acceptors (Lipinski definition) is 5. The van der Waals surface area contributed by atoms with Crippen LogP contribution in [0.5, 0.6) is 11.5 Å². The molecule has 1 amide bonds. The van der Waals surface area contributed by atoms with Crippen molar-refractivity contribution in [2.75, 3.05) is 20.3 Å². The summed E-state index contributed by atoms with van der Waals surface area (Å²) < 4.78 is 16.2. The summed E-state index contributed by atoms with van der Waals surface area (Å²) in [6.07, 6.45) is -0.0106. The number of carbonyl (C=O) groups is 2. The maximum Gasteiger partial charge on any atom is 0.225 e. The molecule has 0 saturated carbocycles. The average molecular weight is 337 g/mol. The molecular formula is C18H27NO5. The fourth-order valence-electron chi connectivity index (χ4n) is 2.14. The number of ketones is 1. The van der Waals surface area contributed by atoms with Gasteiger partial charge < -0.3 is 19.9 Å². The summed E-state index contributed by atoms with van der Waals surface area (Å²) in [6.45, 7) is 7.85. The summed E-state index contributed by atoms with van der Waals surface area (Å²) >= 11 is 0. The molecule has 0 aliphatic rings. The van der Waals surface area contributed by atoms with Gasteiger partial charge in [0.25, 0.3) is 0 Å². The van der Waals surface area contributed by atoms with Crippen molar-refractivity contribution in [1.82, 2.24) is 0 Å². The molecule has 134 valence electrons. The fourth-order valence-corrected chi connectivity index (χ4v) is 2.14. The third-order valence-electron chi connectivity index (χ3n) is 3.33. The zero-order valence-electron chi connectivity index (χ0n) is 15.0. The van der Waals surface area contributed by atoms with E-state index in [0.717, 1.165) is 0 Å². The number of Topliss-reactive ketones (excluding diaryl/α,β-unsaturated/α-hetero) is 1. The second kappa shape index (κ2) is 8.68. The Morgan fingerprint density at radius 2 is 1.88 bits per heavy atom. The molecule has 1 aromatic carbocycles. The van der Waals surface area contributed by atoms with Crippen LogP contribution in [0.3, 0.4) is 0 Å². The highest BCUT2D eigenvalue weighted by Gasteiger charge is 2.24. The van der Waals surface area contributed by atoms with Gasteiger partial charge in [-0.3, -0.25) is 9.59 Å². The van der Waals surface area contributed by atoms with Gasteiger partial charge in [-0.05, 0) is 45.4 Å². The van der Waals surface area contributed by atoms with Gasteiger partial charge in [-0.2, -0.15) is 0 Å². The first-order valence-electron chi connectivity index (χ1n) is 7.93. The van der Waals surface area contributed by atoms with Crippen LogP contribution < -0.4 is 15.2 Å². The van der Waals surface area contributed by atoms with Gasteiger partial charge in [-0.1, -0.05) is 6.07 Å². The summed E-state index contributed by atoms with van der Waals surface area (Å²) in [6, 6.07) is 5.11. The number of ether oxygens (including phenoxy) is 3. The minimum absolute atomic E-state index is 0.0106. The first kappa shape index (κ1) is 20.0. The number of nitrogens with two attached hydrogens (primary N) is 1. The Kier molecular flexibility index (Phi) is 7.22. The van der Waals surface area contributed by atoms with E-state index in [-0.39, 0.29) is 18.8 Å². The molecule has 1 atom stereocenters. The fraction of sp³-hybridized carbons (Fsp3) is 0.556. The number of carbonyl (C=O) groups excluding carboxylic acids is 2. The van der Waals surface area contributed by atoms with Gasteiger partial charge in [0.1, 0.15) is 6.61 Å². The molecule has 0 saturated heterocycles. The van der Waals surface area contributed by atoms with Crippen molar-refractivity contribution in [2.45, 2.75) is 45.6 Å². The zero-order chi connectivity index (χ0) is 18.3. The number of rotatable bonds is 9. The standard InChI is InChI=1S/C18H27NO5/c1-6-23-16-9-12(7-8-15(16)22-5)14(17(19)21)10-13(20)11-24-18(2,3)4/h7-9,14H,6,10-11H2,1-5H3,(H2,19,21). The van der Waals surface area contributed by atoms with Crippen molar-refractivity contribution in [2.24, 2.45) is 5.73 Å². The number of hydrogen-bond donors (Lipinski definition) is 1. The summed E-state index contributed by atoms with van der Waals surface area (Å²) in [7, 11) is 1.54. The smallest absolute Gasteiger partial charge is 0.225 e. The molecule has 6 nitrogen and oxygen atoms in total. The predicted octanol–water partition coefficient (Wildman–Crippen LogP) is 2.44. The lowest BCUT2D eigenvalue weighted by atomic mass is 9.93. The van der Waals surface area contributed by atoms with Gasteiger partial charge >= 0.3 is 0 Å². The van der Waals surface area contributed by atoms with Crippen molar-refractivity contribution in [3.63, 3.8) is 0 Å². The molecule has 0 spiro atoms. The summed E-state index contributed by atoms with van der Waals surface area (Å²) in [4.78, 5) is 23.9. The maximum absolute atomic E-state index is 12.1. The van der Waals surface area contributed by atoms with Crippen LogP contribution in [-0.2, 0) is 14.3 Å². The van der Waals surface area contributed by atoms with Crippen molar-refractivity contribution in [3.8, 4) is 11.5 Å². The Morgan fingerprint density at radius 3 is 2.38 bits per heavy atom. The van der Waals surface area contributed by atoms with Gasteiger partial charge in [0.05, 0.1) is 25.2 Å². The van der Waals surface area contributed by atoms with Crippen LogP contribution in [0, 0.1) is 0 Å². The minimum atomic E-state index is -0.730. The normalized spacial score (nSPS) is 12.5.